The summed E-state index contributed by atoms with van der Waals surface area (Å²) in [5.74, 6) is 0.282. The molecule has 1 fully saturated rings. The van der Waals surface area contributed by atoms with Crippen LogP contribution in [0, 0.1) is 5.82 Å². The largest absolute Gasteiger partial charge is 0.379 e. The zero-order chi connectivity index (χ0) is 17.8. The molecular weight excluding hydrogens is 315 g/mol. The monoisotopic (exact) mass is 342 g/mol. The summed E-state index contributed by atoms with van der Waals surface area (Å²) in [6.07, 6.45) is 2.60. The molecule has 0 aliphatic carbocycles. The Balaban J connectivity index is 0.000000880. The molecule has 2 aliphatic heterocycles. The third-order valence-electron chi connectivity index (χ3n) is 4.79. The number of para-hydroxylation sites is 1. The van der Waals surface area contributed by atoms with Crippen LogP contribution in [-0.2, 0) is 13.0 Å². The van der Waals surface area contributed by atoms with E-state index in [4.69, 9.17) is 0 Å². The maximum atomic E-state index is 14.2. The zero-order valence-electron chi connectivity index (χ0n) is 15.3. The van der Waals surface area contributed by atoms with Crippen LogP contribution in [0.1, 0.15) is 31.9 Å². The molecule has 1 aromatic heterocycles. The molecule has 2 aromatic rings. The molecule has 0 atom stereocenters. The number of piperazine rings is 1. The highest BCUT2D eigenvalue weighted by molar-refractivity contribution is 5.78. The number of aryl methyl sites for hydroxylation is 1. The quantitative estimate of drug-likeness (QED) is 0.911. The fourth-order valence-corrected chi connectivity index (χ4v) is 3.33. The lowest BCUT2D eigenvalue weighted by atomic mass is 10.0. The summed E-state index contributed by atoms with van der Waals surface area (Å²) in [6.45, 7) is 10.3. The van der Waals surface area contributed by atoms with E-state index in [1.165, 1.54) is 16.9 Å². The number of nitrogens with one attached hydrogen (secondary N) is 1. The summed E-state index contributed by atoms with van der Waals surface area (Å²) < 4.78 is 14.2. The van der Waals surface area contributed by atoms with E-state index in [1.807, 2.05) is 25.7 Å². The summed E-state index contributed by atoms with van der Waals surface area (Å²) >= 11 is 0. The fourth-order valence-electron chi connectivity index (χ4n) is 3.33. The van der Waals surface area contributed by atoms with Crippen molar-refractivity contribution in [3.05, 3.63) is 47.4 Å². The van der Waals surface area contributed by atoms with Gasteiger partial charge in [0, 0.05) is 38.9 Å². The van der Waals surface area contributed by atoms with Crippen molar-refractivity contribution < 1.29 is 4.39 Å². The van der Waals surface area contributed by atoms with Gasteiger partial charge in [0.1, 0.15) is 0 Å². The molecule has 4 nitrogen and oxygen atoms in total. The van der Waals surface area contributed by atoms with Crippen molar-refractivity contribution in [2.75, 3.05) is 41.3 Å². The molecule has 134 valence electrons. The van der Waals surface area contributed by atoms with Gasteiger partial charge in [-0.05, 0) is 29.7 Å². The van der Waals surface area contributed by atoms with Crippen molar-refractivity contribution in [3.8, 4) is 0 Å². The van der Waals surface area contributed by atoms with Gasteiger partial charge in [-0.1, -0.05) is 32.9 Å². The SMILES string of the molecule is CC.CCc1cnc(N2CCN(c3cccc4c3NC4)CC2)c(F)c1. The van der Waals surface area contributed by atoms with Gasteiger partial charge < -0.3 is 15.1 Å². The Morgan fingerprint density at radius 3 is 2.44 bits per heavy atom. The number of hydrogen-bond donors (Lipinski definition) is 1. The highest BCUT2D eigenvalue weighted by Crippen LogP contribution is 2.36. The Morgan fingerprint density at radius 1 is 1.12 bits per heavy atom. The Bertz CT molecular complexity index is 724. The van der Waals surface area contributed by atoms with Crippen LogP contribution in [0.5, 0.6) is 0 Å². The number of nitrogens with zero attached hydrogens (tertiary/aromatic N) is 3. The smallest absolute Gasteiger partial charge is 0.165 e. The van der Waals surface area contributed by atoms with Crippen molar-refractivity contribution in [2.45, 2.75) is 33.7 Å². The zero-order valence-corrected chi connectivity index (χ0v) is 15.3. The number of halogens is 1. The van der Waals surface area contributed by atoms with E-state index in [1.54, 1.807) is 12.3 Å². The summed E-state index contributed by atoms with van der Waals surface area (Å²) in [6, 6.07) is 8.06. The first-order valence-electron chi connectivity index (χ1n) is 9.26. The number of anilines is 3. The summed E-state index contributed by atoms with van der Waals surface area (Å²) in [5.41, 5.74) is 4.85. The number of rotatable bonds is 3. The number of benzene rings is 1. The number of fused-ring (bicyclic) bond motifs is 1. The van der Waals surface area contributed by atoms with Gasteiger partial charge in [0.2, 0.25) is 0 Å². The van der Waals surface area contributed by atoms with E-state index in [0.29, 0.717) is 5.82 Å². The third-order valence-corrected chi connectivity index (χ3v) is 4.79. The maximum absolute atomic E-state index is 14.2. The first-order chi connectivity index (χ1) is 12.3. The van der Waals surface area contributed by atoms with Gasteiger partial charge in [-0.2, -0.15) is 0 Å². The van der Waals surface area contributed by atoms with Crippen LogP contribution in [0.15, 0.2) is 30.5 Å². The fraction of sp³-hybridized carbons (Fsp3) is 0.450. The molecule has 0 unspecified atom stereocenters. The standard InChI is InChI=1S/C18H21FN4.C2H6/c1-2-13-10-15(19)18(21-11-13)23-8-6-22(7-9-23)16-5-3-4-14-12-20-17(14)16;1-2/h3-5,10-11,20H,2,6-9,12H2,1H3;1-2H3. The van der Waals surface area contributed by atoms with Gasteiger partial charge in [-0.3, -0.25) is 0 Å². The van der Waals surface area contributed by atoms with E-state index in [-0.39, 0.29) is 5.82 Å². The van der Waals surface area contributed by atoms with Crippen LogP contribution in [0.4, 0.5) is 21.6 Å². The van der Waals surface area contributed by atoms with Gasteiger partial charge in [-0.15, -0.1) is 0 Å². The average molecular weight is 342 g/mol. The van der Waals surface area contributed by atoms with Gasteiger partial charge >= 0.3 is 0 Å². The van der Waals surface area contributed by atoms with E-state index in [2.05, 4.69) is 33.4 Å². The molecule has 5 heteroatoms. The molecule has 0 bridgehead atoms. The van der Waals surface area contributed by atoms with Crippen LogP contribution >= 0.6 is 0 Å². The van der Waals surface area contributed by atoms with Crippen molar-refractivity contribution in [3.63, 3.8) is 0 Å². The number of hydrogen-bond acceptors (Lipinski definition) is 4. The molecule has 2 aliphatic rings. The van der Waals surface area contributed by atoms with Crippen LogP contribution in [-0.4, -0.2) is 31.2 Å². The van der Waals surface area contributed by atoms with E-state index < -0.39 is 0 Å². The second-order valence-corrected chi connectivity index (χ2v) is 6.14. The molecular formula is C20H27FN4. The second-order valence-electron chi connectivity index (χ2n) is 6.14. The molecule has 0 radical (unpaired) electrons. The van der Waals surface area contributed by atoms with E-state index in [0.717, 1.165) is 44.7 Å². The van der Waals surface area contributed by atoms with Crippen molar-refractivity contribution in [1.29, 1.82) is 0 Å². The number of aromatic nitrogens is 1. The van der Waals surface area contributed by atoms with Crippen molar-refractivity contribution in [1.82, 2.24) is 4.98 Å². The molecule has 1 saturated heterocycles. The lowest BCUT2D eigenvalue weighted by molar-refractivity contribution is 0.586. The molecule has 1 N–H and O–H groups in total. The molecule has 3 heterocycles. The van der Waals surface area contributed by atoms with Gasteiger partial charge in [0.05, 0.1) is 11.4 Å². The summed E-state index contributed by atoms with van der Waals surface area (Å²) in [4.78, 5) is 8.76. The molecule has 1 aromatic carbocycles. The Kier molecular flexibility index (Phi) is 5.41. The third kappa shape index (κ3) is 3.41. The lowest BCUT2D eigenvalue weighted by Gasteiger charge is -2.39. The van der Waals surface area contributed by atoms with Crippen LogP contribution in [0.2, 0.25) is 0 Å². The molecule has 0 spiro atoms. The highest BCUT2D eigenvalue weighted by Gasteiger charge is 2.25. The van der Waals surface area contributed by atoms with Crippen molar-refractivity contribution >= 4 is 17.2 Å². The van der Waals surface area contributed by atoms with Gasteiger partial charge in [0.15, 0.2) is 11.6 Å². The van der Waals surface area contributed by atoms with E-state index in [9.17, 15) is 4.39 Å². The molecule has 25 heavy (non-hydrogen) atoms. The average Bonchev–Trinajstić information content (AvgIpc) is 2.64. The first kappa shape index (κ1) is 17.5. The minimum atomic E-state index is -0.205. The lowest BCUT2D eigenvalue weighted by Crippen LogP contribution is -2.47. The van der Waals surface area contributed by atoms with Crippen LogP contribution < -0.4 is 15.1 Å². The van der Waals surface area contributed by atoms with Crippen LogP contribution in [0.25, 0.3) is 0 Å². The maximum Gasteiger partial charge on any atom is 0.165 e. The first-order valence-corrected chi connectivity index (χ1v) is 9.26. The molecule has 0 amide bonds. The second kappa shape index (κ2) is 7.72. The van der Waals surface area contributed by atoms with Gasteiger partial charge in [-0.25, -0.2) is 9.37 Å². The minimum absolute atomic E-state index is 0.205. The van der Waals surface area contributed by atoms with Gasteiger partial charge in [0.25, 0.3) is 0 Å². The topological polar surface area (TPSA) is 31.4 Å². The van der Waals surface area contributed by atoms with Crippen molar-refractivity contribution in [2.24, 2.45) is 0 Å². The van der Waals surface area contributed by atoms with Crippen LogP contribution in [0.3, 0.4) is 0 Å². The normalized spacial score (nSPS) is 15.5. The Hall–Kier alpha value is -2.30. The molecule has 4 rings (SSSR count). The Labute approximate surface area is 149 Å². The highest BCUT2D eigenvalue weighted by atomic mass is 19.1. The van der Waals surface area contributed by atoms with E-state index >= 15 is 0 Å². The predicted octanol–water partition coefficient (Wildman–Crippen LogP) is 4.06. The predicted molar refractivity (Wildman–Crippen MR) is 103 cm³/mol. The number of pyridine rings is 1. The minimum Gasteiger partial charge on any atom is -0.379 e. The summed E-state index contributed by atoms with van der Waals surface area (Å²) in [7, 11) is 0. The molecule has 0 saturated carbocycles. The Morgan fingerprint density at radius 2 is 1.84 bits per heavy atom. The summed E-state index contributed by atoms with van der Waals surface area (Å²) in [5, 5.41) is 3.39.